The van der Waals surface area contributed by atoms with E-state index in [1.165, 1.54) is 16.9 Å². The minimum Gasteiger partial charge on any atom is -0.265 e. The highest BCUT2D eigenvalue weighted by Gasteiger charge is 2.10. The predicted octanol–water partition coefficient (Wildman–Crippen LogP) is 2.82. The Balaban J connectivity index is 2.25. The van der Waals surface area contributed by atoms with Crippen LogP contribution in [0.3, 0.4) is 0 Å². The average molecular weight is 263 g/mol. The summed E-state index contributed by atoms with van der Waals surface area (Å²) in [4.78, 5) is 7.86. The van der Waals surface area contributed by atoms with E-state index in [4.69, 9.17) is 11.6 Å². The van der Waals surface area contributed by atoms with Crippen LogP contribution in [0, 0.1) is 5.82 Å². The lowest BCUT2D eigenvalue weighted by atomic mass is 10.1. The van der Waals surface area contributed by atoms with Crippen LogP contribution in [0.2, 0.25) is 5.28 Å². The highest BCUT2D eigenvalue weighted by molar-refractivity contribution is 6.28. The SMILES string of the molecule is Cn1ncc2cc(-c3ccnc(Cl)n3)cc(F)c21. The molecular weight excluding hydrogens is 255 g/mol. The summed E-state index contributed by atoms with van der Waals surface area (Å²) in [5.74, 6) is -0.336. The van der Waals surface area contributed by atoms with E-state index in [0.29, 0.717) is 16.8 Å². The van der Waals surface area contributed by atoms with Crippen LogP contribution in [0.4, 0.5) is 4.39 Å². The van der Waals surface area contributed by atoms with Gasteiger partial charge in [-0.25, -0.2) is 14.4 Å². The van der Waals surface area contributed by atoms with Gasteiger partial charge in [-0.3, -0.25) is 4.68 Å². The Morgan fingerprint density at radius 3 is 2.94 bits per heavy atom. The molecule has 0 N–H and O–H groups in total. The monoisotopic (exact) mass is 262 g/mol. The van der Waals surface area contributed by atoms with Gasteiger partial charge in [-0.15, -0.1) is 0 Å². The molecule has 2 heterocycles. The molecule has 0 saturated heterocycles. The molecule has 0 bridgehead atoms. The second kappa shape index (κ2) is 4.03. The molecule has 0 radical (unpaired) electrons. The third-order valence-electron chi connectivity index (χ3n) is 2.71. The van der Waals surface area contributed by atoms with Crippen molar-refractivity contribution in [3.8, 4) is 11.3 Å². The first-order valence-corrected chi connectivity index (χ1v) is 5.63. The minimum absolute atomic E-state index is 0.138. The lowest BCUT2D eigenvalue weighted by Crippen LogP contribution is -1.93. The van der Waals surface area contributed by atoms with E-state index in [1.54, 1.807) is 19.3 Å². The summed E-state index contributed by atoms with van der Waals surface area (Å²) < 4.78 is 15.5. The summed E-state index contributed by atoms with van der Waals surface area (Å²) in [6.07, 6.45) is 3.15. The van der Waals surface area contributed by atoms with Gasteiger partial charge in [0.05, 0.1) is 11.9 Å². The largest absolute Gasteiger partial charge is 0.265 e. The van der Waals surface area contributed by atoms with Gasteiger partial charge in [0.25, 0.3) is 0 Å². The molecule has 6 heteroatoms. The molecule has 0 spiro atoms. The molecular formula is C12H8ClFN4. The van der Waals surface area contributed by atoms with Crippen molar-refractivity contribution in [3.63, 3.8) is 0 Å². The van der Waals surface area contributed by atoms with Crippen LogP contribution < -0.4 is 0 Å². The predicted molar refractivity (Wildman–Crippen MR) is 66.7 cm³/mol. The zero-order valence-corrected chi connectivity index (χ0v) is 10.2. The summed E-state index contributed by atoms with van der Waals surface area (Å²) >= 11 is 5.72. The lowest BCUT2D eigenvalue weighted by molar-refractivity contribution is 0.626. The van der Waals surface area contributed by atoms with Crippen molar-refractivity contribution < 1.29 is 4.39 Å². The third-order valence-corrected chi connectivity index (χ3v) is 2.89. The Morgan fingerprint density at radius 2 is 2.17 bits per heavy atom. The molecule has 18 heavy (non-hydrogen) atoms. The maximum absolute atomic E-state index is 14.0. The van der Waals surface area contributed by atoms with Gasteiger partial charge in [0, 0.05) is 24.2 Å². The molecule has 0 atom stereocenters. The molecule has 0 unspecified atom stereocenters. The Hall–Kier alpha value is -2.01. The zero-order chi connectivity index (χ0) is 12.7. The van der Waals surface area contributed by atoms with E-state index in [9.17, 15) is 4.39 Å². The topological polar surface area (TPSA) is 43.6 Å². The second-order valence-electron chi connectivity index (χ2n) is 3.87. The molecule has 4 nitrogen and oxygen atoms in total. The summed E-state index contributed by atoms with van der Waals surface area (Å²) in [7, 11) is 1.70. The van der Waals surface area contributed by atoms with E-state index < -0.39 is 0 Å². The lowest BCUT2D eigenvalue weighted by Gasteiger charge is -2.03. The van der Waals surface area contributed by atoms with Gasteiger partial charge < -0.3 is 0 Å². The molecule has 0 amide bonds. The van der Waals surface area contributed by atoms with Crippen LogP contribution in [-0.2, 0) is 7.05 Å². The summed E-state index contributed by atoms with van der Waals surface area (Å²) in [6, 6.07) is 4.93. The van der Waals surface area contributed by atoms with Gasteiger partial charge in [-0.2, -0.15) is 5.10 Å². The van der Waals surface area contributed by atoms with Crippen LogP contribution >= 0.6 is 11.6 Å². The Labute approximate surface area is 107 Å². The van der Waals surface area contributed by atoms with Crippen molar-refractivity contribution in [2.75, 3.05) is 0 Å². The Morgan fingerprint density at radius 1 is 1.33 bits per heavy atom. The Kier molecular flexibility index (Phi) is 2.48. The molecule has 3 rings (SSSR count). The fourth-order valence-corrected chi connectivity index (χ4v) is 2.06. The van der Waals surface area contributed by atoms with Crippen LogP contribution in [0.5, 0.6) is 0 Å². The molecule has 0 fully saturated rings. The van der Waals surface area contributed by atoms with Gasteiger partial charge in [0.2, 0.25) is 5.28 Å². The van der Waals surface area contributed by atoms with Crippen LogP contribution in [0.15, 0.2) is 30.6 Å². The smallest absolute Gasteiger partial charge is 0.222 e. The van der Waals surface area contributed by atoms with Gasteiger partial charge in [-0.1, -0.05) is 0 Å². The molecule has 3 aromatic rings. The molecule has 1 aromatic carbocycles. The van der Waals surface area contributed by atoms with Crippen molar-refractivity contribution in [2.24, 2.45) is 7.05 Å². The Bertz CT molecular complexity index is 738. The summed E-state index contributed by atoms with van der Waals surface area (Å²) in [6.45, 7) is 0. The first-order valence-electron chi connectivity index (χ1n) is 5.25. The van der Waals surface area contributed by atoms with E-state index in [0.717, 1.165) is 5.39 Å². The number of nitrogens with zero attached hydrogens (tertiary/aromatic N) is 4. The standard InChI is InChI=1S/C12H8ClFN4/c1-18-11-8(6-16-18)4-7(5-9(11)14)10-2-3-15-12(13)17-10/h2-6H,1H3. The maximum Gasteiger partial charge on any atom is 0.222 e. The molecule has 2 aromatic heterocycles. The average Bonchev–Trinajstić information content (AvgIpc) is 2.71. The molecule has 0 aliphatic rings. The van der Waals surface area contributed by atoms with E-state index in [1.807, 2.05) is 6.07 Å². The number of benzene rings is 1. The first kappa shape index (κ1) is 11.1. The number of hydrogen-bond donors (Lipinski definition) is 0. The van der Waals surface area contributed by atoms with Gasteiger partial charge in [0.1, 0.15) is 11.3 Å². The first-order chi connectivity index (χ1) is 8.65. The minimum atomic E-state index is -0.336. The normalized spacial score (nSPS) is 11.1. The summed E-state index contributed by atoms with van der Waals surface area (Å²) in [5.41, 5.74) is 1.70. The zero-order valence-electron chi connectivity index (χ0n) is 9.43. The number of halogens is 2. The van der Waals surface area contributed by atoms with E-state index in [2.05, 4.69) is 15.1 Å². The van der Waals surface area contributed by atoms with Gasteiger partial charge in [0.15, 0.2) is 0 Å². The molecule has 0 aliphatic heterocycles. The number of aryl methyl sites for hydroxylation is 1. The quantitative estimate of drug-likeness (QED) is 0.634. The highest BCUT2D eigenvalue weighted by Crippen LogP contribution is 2.25. The van der Waals surface area contributed by atoms with Crippen molar-refractivity contribution in [2.45, 2.75) is 0 Å². The van der Waals surface area contributed by atoms with Gasteiger partial charge >= 0.3 is 0 Å². The summed E-state index contributed by atoms with van der Waals surface area (Å²) in [5, 5.41) is 4.89. The second-order valence-corrected chi connectivity index (χ2v) is 4.21. The fourth-order valence-electron chi connectivity index (χ4n) is 1.91. The molecule has 90 valence electrons. The number of aromatic nitrogens is 4. The van der Waals surface area contributed by atoms with Crippen molar-refractivity contribution in [1.29, 1.82) is 0 Å². The molecule has 0 saturated carbocycles. The van der Waals surface area contributed by atoms with Crippen molar-refractivity contribution in [3.05, 3.63) is 41.7 Å². The van der Waals surface area contributed by atoms with Crippen LogP contribution in [0.25, 0.3) is 22.2 Å². The van der Waals surface area contributed by atoms with E-state index >= 15 is 0 Å². The molecule has 0 aliphatic carbocycles. The number of fused-ring (bicyclic) bond motifs is 1. The number of hydrogen-bond acceptors (Lipinski definition) is 3. The van der Waals surface area contributed by atoms with Crippen LogP contribution in [-0.4, -0.2) is 19.7 Å². The van der Waals surface area contributed by atoms with E-state index in [-0.39, 0.29) is 11.1 Å². The van der Waals surface area contributed by atoms with Gasteiger partial charge in [-0.05, 0) is 29.8 Å². The maximum atomic E-state index is 14.0. The van der Waals surface area contributed by atoms with Crippen molar-refractivity contribution in [1.82, 2.24) is 19.7 Å². The fraction of sp³-hybridized carbons (Fsp3) is 0.0833. The highest BCUT2D eigenvalue weighted by atomic mass is 35.5. The van der Waals surface area contributed by atoms with Crippen molar-refractivity contribution >= 4 is 22.5 Å². The van der Waals surface area contributed by atoms with Crippen LogP contribution in [0.1, 0.15) is 0 Å². The number of rotatable bonds is 1. The third kappa shape index (κ3) is 1.73.